The minimum atomic E-state index is -0.978. The highest BCUT2D eigenvalue weighted by Crippen LogP contribution is 2.39. The van der Waals surface area contributed by atoms with Gasteiger partial charge in [0.1, 0.15) is 6.10 Å². The average molecular weight is 254 g/mol. The quantitative estimate of drug-likeness (QED) is 0.789. The summed E-state index contributed by atoms with van der Waals surface area (Å²) in [5.41, 5.74) is 1.79. The number of ether oxygens (including phenoxy) is 2. The third-order valence-corrected chi connectivity index (χ3v) is 3.23. The Kier molecular flexibility index (Phi) is 3.15. The number of aldehydes is 1. The molecule has 1 heterocycles. The normalized spacial score (nSPS) is 21.2. The minimum Gasteiger partial charge on any atom is -0.339 e. The molecular weight excluding hydrogens is 240 g/mol. The average Bonchev–Trinajstić information content (AvgIpc) is 2.95. The van der Waals surface area contributed by atoms with Crippen molar-refractivity contribution in [2.45, 2.75) is 11.9 Å². The predicted molar refractivity (Wildman–Crippen MR) is 70.6 cm³/mol. The lowest BCUT2D eigenvalue weighted by Gasteiger charge is -2.28. The van der Waals surface area contributed by atoms with Gasteiger partial charge in [-0.2, -0.15) is 0 Å². The van der Waals surface area contributed by atoms with Crippen molar-refractivity contribution in [2.75, 3.05) is 6.61 Å². The Morgan fingerprint density at radius 1 is 0.947 bits per heavy atom. The number of rotatable bonds is 3. The highest BCUT2D eigenvalue weighted by Gasteiger charge is 2.44. The van der Waals surface area contributed by atoms with Gasteiger partial charge in [-0.05, 0) is 0 Å². The molecule has 0 spiro atoms. The van der Waals surface area contributed by atoms with Crippen LogP contribution < -0.4 is 0 Å². The fourth-order valence-corrected chi connectivity index (χ4v) is 2.33. The summed E-state index contributed by atoms with van der Waals surface area (Å²) in [6, 6.07) is 19.4. The van der Waals surface area contributed by atoms with Crippen LogP contribution >= 0.6 is 0 Å². The van der Waals surface area contributed by atoms with E-state index in [-0.39, 0.29) is 6.61 Å². The zero-order chi connectivity index (χ0) is 13.1. The zero-order valence-corrected chi connectivity index (χ0v) is 10.4. The standard InChI is InChI=1S/C16H14O3/c17-11-15-12-18-16(19-15,13-7-3-1-4-8-13)14-9-5-2-6-10-14/h1-11,15H,12H2/t15-/m0/s1. The SMILES string of the molecule is O=C[C@H]1COC(c2ccccc2)(c2ccccc2)O1. The molecule has 3 heteroatoms. The molecule has 0 unspecified atom stereocenters. The third-order valence-electron chi connectivity index (χ3n) is 3.23. The first-order valence-electron chi connectivity index (χ1n) is 6.23. The number of hydrogen-bond acceptors (Lipinski definition) is 3. The predicted octanol–water partition coefficient (Wildman–Crippen LogP) is 2.50. The van der Waals surface area contributed by atoms with Crippen molar-refractivity contribution < 1.29 is 14.3 Å². The van der Waals surface area contributed by atoms with E-state index in [1.165, 1.54) is 0 Å². The van der Waals surface area contributed by atoms with E-state index in [1.54, 1.807) is 0 Å². The largest absolute Gasteiger partial charge is 0.339 e. The number of carbonyl (C=O) groups excluding carboxylic acids is 1. The molecule has 0 saturated carbocycles. The Labute approximate surface area is 111 Å². The molecule has 2 aromatic carbocycles. The topological polar surface area (TPSA) is 35.5 Å². The van der Waals surface area contributed by atoms with Crippen molar-refractivity contribution in [3.8, 4) is 0 Å². The molecule has 1 saturated heterocycles. The van der Waals surface area contributed by atoms with Gasteiger partial charge in [0.15, 0.2) is 6.29 Å². The molecule has 1 atom stereocenters. The van der Waals surface area contributed by atoms with Crippen LogP contribution in [-0.4, -0.2) is 19.0 Å². The summed E-state index contributed by atoms with van der Waals surface area (Å²) in [6.45, 7) is 0.271. The molecule has 0 radical (unpaired) electrons. The van der Waals surface area contributed by atoms with Crippen LogP contribution in [0.15, 0.2) is 60.7 Å². The van der Waals surface area contributed by atoms with Crippen LogP contribution in [-0.2, 0) is 20.1 Å². The highest BCUT2D eigenvalue weighted by molar-refractivity contribution is 5.57. The van der Waals surface area contributed by atoms with Crippen LogP contribution in [0.2, 0.25) is 0 Å². The Hall–Kier alpha value is -1.97. The molecule has 1 aliphatic heterocycles. The van der Waals surface area contributed by atoms with Gasteiger partial charge in [0.25, 0.3) is 0 Å². The molecular formula is C16H14O3. The van der Waals surface area contributed by atoms with Crippen molar-refractivity contribution in [3.05, 3.63) is 71.8 Å². The second-order valence-corrected chi connectivity index (χ2v) is 4.45. The van der Waals surface area contributed by atoms with Crippen LogP contribution in [0.1, 0.15) is 11.1 Å². The van der Waals surface area contributed by atoms with Crippen molar-refractivity contribution in [3.63, 3.8) is 0 Å². The fourth-order valence-electron chi connectivity index (χ4n) is 2.33. The first kappa shape index (κ1) is 12.1. The Morgan fingerprint density at radius 3 is 1.89 bits per heavy atom. The van der Waals surface area contributed by atoms with E-state index in [0.717, 1.165) is 17.4 Å². The maximum absolute atomic E-state index is 11.0. The maximum atomic E-state index is 11.0. The van der Waals surface area contributed by atoms with E-state index in [4.69, 9.17) is 9.47 Å². The van der Waals surface area contributed by atoms with Gasteiger partial charge < -0.3 is 14.3 Å². The lowest BCUT2D eigenvalue weighted by atomic mass is 9.97. The molecule has 0 amide bonds. The number of carbonyl (C=O) groups is 1. The summed E-state index contributed by atoms with van der Waals surface area (Å²) in [5.74, 6) is -0.978. The molecule has 1 fully saturated rings. The molecule has 3 nitrogen and oxygen atoms in total. The van der Waals surface area contributed by atoms with Gasteiger partial charge in [0.05, 0.1) is 6.61 Å². The molecule has 0 N–H and O–H groups in total. The maximum Gasteiger partial charge on any atom is 0.223 e. The summed E-state index contributed by atoms with van der Waals surface area (Å²) in [7, 11) is 0. The number of hydrogen-bond donors (Lipinski definition) is 0. The van der Waals surface area contributed by atoms with Crippen LogP contribution in [0.25, 0.3) is 0 Å². The van der Waals surface area contributed by atoms with E-state index < -0.39 is 11.9 Å². The summed E-state index contributed by atoms with van der Waals surface area (Å²) in [6.07, 6.45) is 0.258. The fraction of sp³-hybridized carbons (Fsp3) is 0.188. The first-order valence-corrected chi connectivity index (χ1v) is 6.23. The van der Waals surface area contributed by atoms with Crippen molar-refractivity contribution in [2.24, 2.45) is 0 Å². The highest BCUT2D eigenvalue weighted by atomic mass is 16.7. The molecule has 3 rings (SSSR count). The second-order valence-electron chi connectivity index (χ2n) is 4.45. The Bertz CT molecular complexity index is 511. The molecule has 1 aliphatic rings. The monoisotopic (exact) mass is 254 g/mol. The van der Waals surface area contributed by atoms with E-state index in [9.17, 15) is 4.79 Å². The summed E-state index contributed by atoms with van der Waals surface area (Å²) in [4.78, 5) is 11.0. The van der Waals surface area contributed by atoms with Gasteiger partial charge in [-0.25, -0.2) is 0 Å². The molecule has 0 aromatic heterocycles. The van der Waals surface area contributed by atoms with E-state index in [1.807, 2.05) is 60.7 Å². The minimum absolute atomic E-state index is 0.271. The number of benzene rings is 2. The van der Waals surface area contributed by atoms with Gasteiger partial charge in [-0.3, -0.25) is 0 Å². The molecule has 96 valence electrons. The van der Waals surface area contributed by atoms with Gasteiger partial charge in [0, 0.05) is 11.1 Å². The molecule has 2 aromatic rings. The van der Waals surface area contributed by atoms with Crippen LogP contribution in [0.5, 0.6) is 0 Å². The summed E-state index contributed by atoms with van der Waals surface area (Å²) in [5, 5.41) is 0. The van der Waals surface area contributed by atoms with E-state index in [2.05, 4.69) is 0 Å². The first-order chi connectivity index (χ1) is 9.35. The molecule has 0 bridgehead atoms. The Balaban J connectivity index is 2.10. The summed E-state index contributed by atoms with van der Waals surface area (Å²) < 4.78 is 11.7. The van der Waals surface area contributed by atoms with Crippen LogP contribution in [0.4, 0.5) is 0 Å². The lowest BCUT2D eigenvalue weighted by molar-refractivity contribution is -0.148. The van der Waals surface area contributed by atoms with Crippen LogP contribution in [0.3, 0.4) is 0 Å². The smallest absolute Gasteiger partial charge is 0.223 e. The van der Waals surface area contributed by atoms with Crippen LogP contribution in [0, 0.1) is 0 Å². The zero-order valence-electron chi connectivity index (χ0n) is 10.4. The lowest BCUT2D eigenvalue weighted by Crippen LogP contribution is -2.29. The summed E-state index contributed by atoms with van der Waals surface area (Å²) >= 11 is 0. The molecule has 0 aliphatic carbocycles. The van der Waals surface area contributed by atoms with Gasteiger partial charge in [-0.1, -0.05) is 60.7 Å². The van der Waals surface area contributed by atoms with Crippen molar-refractivity contribution >= 4 is 6.29 Å². The van der Waals surface area contributed by atoms with E-state index >= 15 is 0 Å². The molecule has 19 heavy (non-hydrogen) atoms. The van der Waals surface area contributed by atoms with Crippen molar-refractivity contribution in [1.82, 2.24) is 0 Å². The Morgan fingerprint density at radius 2 is 1.47 bits per heavy atom. The van der Waals surface area contributed by atoms with Crippen molar-refractivity contribution in [1.29, 1.82) is 0 Å². The van der Waals surface area contributed by atoms with E-state index in [0.29, 0.717) is 0 Å². The van der Waals surface area contributed by atoms with Gasteiger partial charge in [0.2, 0.25) is 5.79 Å². The van der Waals surface area contributed by atoms with Gasteiger partial charge in [-0.15, -0.1) is 0 Å². The van der Waals surface area contributed by atoms with Gasteiger partial charge >= 0.3 is 0 Å². The second kappa shape index (κ2) is 4.96. The third kappa shape index (κ3) is 2.07.